The molecule has 3 saturated carbocycles. The number of benzene rings is 4. The van der Waals surface area contributed by atoms with E-state index in [1.165, 1.54) is 352 Å². The lowest BCUT2D eigenvalue weighted by Crippen LogP contribution is -2.22. The van der Waals surface area contributed by atoms with Crippen molar-refractivity contribution in [2.75, 3.05) is 7.11 Å². The molecule has 550 valence electrons. The van der Waals surface area contributed by atoms with Crippen LogP contribution in [0.4, 0.5) is 0 Å². The Morgan fingerprint density at radius 1 is 0.381 bits per heavy atom. The lowest BCUT2D eigenvalue weighted by molar-refractivity contribution is 0.184. The zero-order valence-corrected chi connectivity index (χ0v) is 66.0. The molecule has 7 rings (SSSR count). The third-order valence-corrected chi connectivity index (χ3v) is 22.6. The largest absolute Gasteiger partial charge is 0.508 e. The molecule has 0 aliphatic heterocycles. The van der Waals surface area contributed by atoms with Gasteiger partial charge in [-0.05, 0) is 167 Å². The molecule has 4 aromatic carbocycles. The van der Waals surface area contributed by atoms with Gasteiger partial charge in [-0.2, -0.15) is 0 Å². The van der Waals surface area contributed by atoms with Gasteiger partial charge in [-0.25, -0.2) is 0 Å². The summed E-state index contributed by atoms with van der Waals surface area (Å²) in [4.78, 5) is 0. The number of rotatable bonds is 40. The fourth-order valence-electron chi connectivity index (χ4n) is 16.8. The van der Waals surface area contributed by atoms with Gasteiger partial charge in [0.15, 0.2) is 0 Å². The molecular weight excluding hydrogens is 1180 g/mol. The van der Waals surface area contributed by atoms with Gasteiger partial charge in [0.1, 0.15) is 17.2 Å². The van der Waals surface area contributed by atoms with Crippen molar-refractivity contribution in [3.05, 3.63) is 110 Å². The first kappa shape index (κ1) is 83.9. The fourth-order valence-corrected chi connectivity index (χ4v) is 16.8. The first-order valence-electron chi connectivity index (χ1n) is 41.9. The number of aryl methyl sites for hydroxylation is 3. The van der Waals surface area contributed by atoms with Crippen molar-refractivity contribution in [1.82, 2.24) is 0 Å². The fraction of sp³-hybridized carbons (Fsp3) is 0.742. The Balaban J connectivity index is 0.000000276. The second-order valence-corrected chi connectivity index (χ2v) is 34.5. The predicted molar refractivity (Wildman–Crippen MR) is 425 cm³/mol. The second kappa shape index (κ2) is 46.7. The molecular formula is C93H154O4. The minimum atomic E-state index is -0.170. The minimum Gasteiger partial charge on any atom is -0.508 e. The molecule has 3 aliphatic carbocycles. The Morgan fingerprint density at radius 2 is 0.711 bits per heavy atom. The summed E-state index contributed by atoms with van der Waals surface area (Å²) in [5.74, 6) is 3.64. The molecule has 0 unspecified atom stereocenters. The van der Waals surface area contributed by atoms with Crippen LogP contribution in [0.15, 0.2) is 54.6 Å². The highest BCUT2D eigenvalue weighted by molar-refractivity contribution is 5.79. The van der Waals surface area contributed by atoms with Gasteiger partial charge in [-0.3, -0.25) is 0 Å². The number of ether oxygens (including phenoxy) is 1. The maximum Gasteiger partial charge on any atom is 0.122 e. The number of hydrogen-bond donors (Lipinski definition) is 3. The summed E-state index contributed by atoms with van der Waals surface area (Å²) in [5, 5.41) is 33.0. The van der Waals surface area contributed by atoms with Crippen LogP contribution in [0.3, 0.4) is 0 Å². The van der Waals surface area contributed by atoms with Crippen LogP contribution < -0.4 is 0 Å². The zero-order chi connectivity index (χ0) is 70.3. The highest BCUT2D eigenvalue weighted by Crippen LogP contribution is 2.49. The summed E-state index contributed by atoms with van der Waals surface area (Å²) < 4.78 is 5.47. The first-order valence-corrected chi connectivity index (χ1v) is 41.9. The number of hydrogen-bond acceptors (Lipinski definition) is 4. The van der Waals surface area contributed by atoms with E-state index in [0.717, 1.165) is 29.9 Å². The number of phenols is 3. The highest BCUT2D eigenvalue weighted by atomic mass is 16.5. The molecule has 3 N–H and O–H groups in total. The molecule has 0 atom stereocenters. The number of methoxy groups -OCH3 is 1. The zero-order valence-electron chi connectivity index (χ0n) is 66.0. The Bertz CT molecular complexity index is 2570. The van der Waals surface area contributed by atoms with Crippen LogP contribution in [-0.4, -0.2) is 22.4 Å². The third kappa shape index (κ3) is 31.2. The minimum absolute atomic E-state index is 0.0420. The van der Waals surface area contributed by atoms with Gasteiger partial charge in [0.25, 0.3) is 0 Å². The molecule has 3 fully saturated rings. The van der Waals surface area contributed by atoms with Gasteiger partial charge < -0.3 is 20.1 Å². The van der Waals surface area contributed by atoms with E-state index >= 15 is 0 Å². The van der Waals surface area contributed by atoms with Crippen LogP contribution in [0.5, 0.6) is 17.2 Å². The lowest BCUT2D eigenvalue weighted by atomic mass is 9.71. The van der Waals surface area contributed by atoms with Crippen molar-refractivity contribution in [1.29, 1.82) is 0 Å². The van der Waals surface area contributed by atoms with Crippen LogP contribution in [0, 0.1) is 6.92 Å². The number of unbranched alkanes of at least 4 members (excludes halogenated alkanes) is 30. The normalized spacial score (nSPS) is 15.3. The third-order valence-electron chi connectivity index (χ3n) is 22.6. The van der Waals surface area contributed by atoms with Gasteiger partial charge in [-0.1, -0.05) is 381 Å². The van der Waals surface area contributed by atoms with Crippen molar-refractivity contribution in [2.45, 2.75) is 438 Å². The topological polar surface area (TPSA) is 69.9 Å². The second-order valence-electron chi connectivity index (χ2n) is 34.5. The molecule has 0 spiro atoms. The Morgan fingerprint density at radius 3 is 1.03 bits per heavy atom. The van der Waals surface area contributed by atoms with E-state index in [0.29, 0.717) is 35.7 Å². The van der Waals surface area contributed by atoms with Crippen LogP contribution in [0.2, 0.25) is 0 Å². The predicted octanol–water partition coefficient (Wildman–Crippen LogP) is 29.9. The standard InChI is InChI=1S/C43H80O.C26H38O2.C24H36O/c1-4-6-8-10-12-14-16-18-20-22-24-26-28-30-32-34-36-41-38-40(3)39-42(43(41)44)37-35-33-31-29-27-25-23-21-19-17-15-13-11-9-7-5-2;1-24(2,3)19-14-17(16-28-10)15-20(25(4,5)6)22(19)18-12-11-13-21(27)23(18)26(7,8)9;25-24-22(19-12-6-2-7-13-19)16-21(18-10-4-1-5-11-18)17-23(24)20-14-8-3-9-15-20/h38-39,44H,4-37H2,1-3H3;11-15,27H,16H2,1-10H3;16-20,25H,1-15H2. The Labute approximate surface area is 600 Å². The SMILES string of the molecule is CCCCCCCCCCCCCCCCCCc1cc(C)cc(CCCCCCCCCCCCCCCCCC)c1O.COCc1cc(C(C)(C)C)c(-c2cccc(O)c2C(C)(C)C)c(C(C)(C)C)c1.Oc1c(C2CCCCC2)cc(C2CCCCC2)cc1C1CCCCC1. The monoisotopic (exact) mass is 1340 g/mol. The first-order chi connectivity index (χ1) is 46.7. The molecule has 3 aliphatic rings. The molecule has 0 heterocycles. The molecule has 0 radical (unpaired) electrons. The van der Waals surface area contributed by atoms with Gasteiger partial charge in [0, 0.05) is 12.7 Å². The van der Waals surface area contributed by atoms with E-state index in [4.69, 9.17) is 4.74 Å². The van der Waals surface area contributed by atoms with Crippen molar-refractivity contribution >= 4 is 0 Å². The van der Waals surface area contributed by atoms with Crippen molar-refractivity contribution < 1.29 is 20.1 Å². The average molecular weight is 1340 g/mol. The van der Waals surface area contributed by atoms with E-state index in [2.05, 4.69) is 126 Å². The van der Waals surface area contributed by atoms with Gasteiger partial charge in [0.05, 0.1) is 6.61 Å². The van der Waals surface area contributed by atoms with Crippen LogP contribution in [-0.2, 0) is 40.4 Å². The number of aromatic hydroxyl groups is 3. The van der Waals surface area contributed by atoms with E-state index in [1.54, 1.807) is 18.7 Å². The van der Waals surface area contributed by atoms with Gasteiger partial charge >= 0.3 is 0 Å². The smallest absolute Gasteiger partial charge is 0.122 e. The molecule has 0 saturated heterocycles. The summed E-state index contributed by atoms with van der Waals surface area (Å²) in [6.07, 6.45) is 67.3. The molecule has 0 amide bonds. The molecule has 4 nitrogen and oxygen atoms in total. The van der Waals surface area contributed by atoms with Crippen molar-refractivity contribution in [3.8, 4) is 28.4 Å². The molecule has 4 heteroatoms. The molecule has 0 aromatic heterocycles. The molecule has 0 bridgehead atoms. The van der Waals surface area contributed by atoms with E-state index in [1.807, 2.05) is 6.07 Å². The molecule has 97 heavy (non-hydrogen) atoms. The summed E-state index contributed by atoms with van der Waals surface area (Å²) in [5.41, 5.74) is 14.8. The lowest BCUT2D eigenvalue weighted by Gasteiger charge is -2.34. The van der Waals surface area contributed by atoms with Gasteiger partial charge in [0.2, 0.25) is 0 Å². The average Bonchev–Trinajstić information content (AvgIpc) is 0.748. The van der Waals surface area contributed by atoms with E-state index in [9.17, 15) is 15.3 Å². The van der Waals surface area contributed by atoms with Crippen molar-refractivity contribution in [3.63, 3.8) is 0 Å². The van der Waals surface area contributed by atoms with Crippen LogP contribution in [0.25, 0.3) is 11.1 Å². The summed E-state index contributed by atoms with van der Waals surface area (Å²) >= 11 is 0. The quantitative estimate of drug-likeness (QED) is 0.0388. The van der Waals surface area contributed by atoms with Crippen LogP contribution in [0.1, 0.15) is 451 Å². The maximum atomic E-state index is 11.2. The number of phenolic OH excluding ortho intramolecular Hbond substituents is 3. The summed E-state index contributed by atoms with van der Waals surface area (Å²) in [6, 6.07) is 19.8. The van der Waals surface area contributed by atoms with Crippen LogP contribution >= 0.6 is 0 Å². The van der Waals surface area contributed by atoms with E-state index in [-0.39, 0.29) is 16.2 Å². The van der Waals surface area contributed by atoms with Crippen molar-refractivity contribution in [2.24, 2.45) is 0 Å². The molecule has 4 aromatic rings. The summed E-state index contributed by atoms with van der Waals surface area (Å²) in [7, 11) is 1.74. The summed E-state index contributed by atoms with van der Waals surface area (Å²) in [6.45, 7) is 27.4. The Hall–Kier alpha value is -3.76. The van der Waals surface area contributed by atoms with Gasteiger partial charge in [-0.15, -0.1) is 0 Å². The highest BCUT2D eigenvalue weighted by Gasteiger charge is 2.33. The Kier molecular flexibility index (Phi) is 40.4. The van der Waals surface area contributed by atoms with E-state index < -0.39 is 0 Å². The maximum absolute atomic E-state index is 11.2.